The van der Waals surface area contributed by atoms with E-state index in [9.17, 15) is 9.59 Å². The lowest BCUT2D eigenvalue weighted by Crippen LogP contribution is -2.05. The Labute approximate surface area is 135 Å². The van der Waals surface area contributed by atoms with Gasteiger partial charge in [-0.3, -0.25) is 4.79 Å². The standard InChI is InChI=1S/C19H20O4/c1-13(12-18(20)21)2-3-14-4-6-15(7-5-14)16-8-10-17(11-9-16)19(22)23/h4-11,13H,2-3,12H2,1H3,(H,20,21)(H,22,23). The van der Waals surface area contributed by atoms with Gasteiger partial charge in [-0.1, -0.05) is 43.3 Å². The number of carboxylic acids is 2. The molecule has 2 rings (SSSR count). The Bertz CT molecular complexity index is 672. The van der Waals surface area contributed by atoms with Gasteiger partial charge in [0.1, 0.15) is 0 Å². The van der Waals surface area contributed by atoms with Gasteiger partial charge in [-0.25, -0.2) is 4.79 Å². The van der Waals surface area contributed by atoms with Gasteiger partial charge in [0, 0.05) is 6.42 Å². The molecule has 0 amide bonds. The van der Waals surface area contributed by atoms with E-state index in [2.05, 4.69) is 0 Å². The summed E-state index contributed by atoms with van der Waals surface area (Å²) < 4.78 is 0. The van der Waals surface area contributed by atoms with Crippen LogP contribution in [0.2, 0.25) is 0 Å². The molecule has 4 heteroatoms. The highest BCUT2D eigenvalue weighted by Gasteiger charge is 2.08. The molecule has 0 aliphatic rings. The summed E-state index contributed by atoms with van der Waals surface area (Å²) in [6.07, 6.45) is 1.90. The van der Waals surface area contributed by atoms with Crippen LogP contribution in [0.25, 0.3) is 11.1 Å². The van der Waals surface area contributed by atoms with E-state index < -0.39 is 11.9 Å². The van der Waals surface area contributed by atoms with Crippen molar-refractivity contribution in [3.63, 3.8) is 0 Å². The summed E-state index contributed by atoms with van der Waals surface area (Å²) in [6.45, 7) is 1.95. The van der Waals surface area contributed by atoms with E-state index >= 15 is 0 Å². The van der Waals surface area contributed by atoms with E-state index in [0.29, 0.717) is 0 Å². The summed E-state index contributed by atoms with van der Waals surface area (Å²) >= 11 is 0. The molecule has 120 valence electrons. The largest absolute Gasteiger partial charge is 0.481 e. The third-order valence-electron chi connectivity index (χ3n) is 3.87. The molecule has 0 heterocycles. The zero-order valence-corrected chi connectivity index (χ0v) is 13.0. The molecular weight excluding hydrogens is 292 g/mol. The number of carboxylic acid groups (broad SMARTS) is 2. The molecule has 2 N–H and O–H groups in total. The third-order valence-corrected chi connectivity index (χ3v) is 3.87. The van der Waals surface area contributed by atoms with Gasteiger partial charge in [-0.05, 0) is 47.6 Å². The van der Waals surface area contributed by atoms with E-state index in [1.807, 2.05) is 31.2 Å². The van der Waals surface area contributed by atoms with Gasteiger partial charge >= 0.3 is 11.9 Å². The van der Waals surface area contributed by atoms with Gasteiger partial charge in [0.05, 0.1) is 5.56 Å². The molecule has 0 aromatic heterocycles. The van der Waals surface area contributed by atoms with Crippen molar-refractivity contribution in [3.8, 4) is 11.1 Å². The van der Waals surface area contributed by atoms with Gasteiger partial charge in [0.2, 0.25) is 0 Å². The molecule has 0 saturated heterocycles. The SMILES string of the molecule is CC(CCc1ccc(-c2ccc(C(=O)O)cc2)cc1)CC(=O)O. The molecule has 4 nitrogen and oxygen atoms in total. The second-order valence-corrected chi connectivity index (χ2v) is 5.82. The Morgan fingerprint density at radius 1 is 0.913 bits per heavy atom. The fourth-order valence-corrected chi connectivity index (χ4v) is 2.48. The van der Waals surface area contributed by atoms with Crippen molar-refractivity contribution in [2.75, 3.05) is 0 Å². The number of benzene rings is 2. The fraction of sp³-hybridized carbons (Fsp3) is 0.263. The highest BCUT2D eigenvalue weighted by atomic mass is 16.4. The average Bonchev–Trinajstić information content (AvgIpc) is 2.53. The first-order valence-corrected chi connectivity index (χ1v) is 7.60. The first kappa shape index (κ1) is 16.7. The van der Waals surface area contributed by atoms with Crippen molar-refractivity contribution >= 4 is 11.9 Å². The Kier molecular flexibility index (Phi) is 5.52. The first-order valence-electron chi connectivity index (χ1n) is 7.60. The number of aromatic carboxylic acids is 1. The predicted molar refractivity (Wildman–Crippen MR) is 88.6 cm³/mol. The highest BCUT2D eigenvalue weighted by Crippen LogP contribution is 2.21. The molecular formula is C19H20O4. The molecule has 0 aliphatic heterocycles. The third kappa shape index (κ3) is 4.95. The minimum atomic E-state index is -0.928. The topological polar surface area (TPSA) is 74.6 Å². The van der Waals surface area contributed by atoms with Gasteiger partial charge in [-0.2, -0.15) is 0 Å². The molecule has 2 aromatic rings. The quantitative estimate of drug-likeness (QED) is 0.807. The number of hydrogen-bond donors (Lipinski definition) is 2. The van der Waals surface area contributed by atoms with Crippen molar-refractivity contribution in [1.29, 1.82) is 0 Å². The van der Waals surface area contributed by atoms with Crippen LogP contribution in [-0.4, -0.2) is 22.2 Å². The Hall–Kier alpha value is -2.62. The van der Waals surface area contributed by atoms with E-state index in [-0.39, 0.29) is 17.9 Å². The van der Waals surface area contributed by atoms with Crippen LogP contribution in [0.15, 0.2) is 48.5 Å². The molecule has 1 atom stereocenters. The van der Waals surface area contributed by atoms with Crippen LogP contribution in [0.4, 0.5) is 0 Å². The zero-order valence-electron chi connectivity index (χ0n) is 13.0. The van der Waals surface area contributed by atoms with Crippen molar-refractivity contribution in [3.05, 3.63) is 59.7 Å². The number of hydrogen-bond acceptors (Lipinski definition) is 2. The van der Waals surface area contributed by atoms with Gasteiger partial charge < -0.3 is 10.2 Å². The summed E-state index contributed by atoms with van der Waals surface area (Å²) in [6, 6.07) is 14.9. The number of rotatable bonds is 7. The van der Waals surface area contributed by atoms with Crippen molar-refractivity contribution in [2.45, 2.75) is 26.2 Å². The van der Waals surface area contributed by atoms with E-state index in [0.717, 1.165) is 24.0 Å². The lowest BCUT2D eigenvalue weighted by atomic mass is 9.96. The fourth-order valence-electron chi connectivity index (χ4n) is 2.48. The predicted octanol–water partition coefficient (Wildman–Crippen LogP) is 4.10. The molecule has 0 bridgehead atoms. The summed E-state index contributed by atoms with van der Waals surface area (Å²) in [4.78, 5) is 21.5. The van der Waals surface area contributed by atoms with Gasteiger partial charge in [0.15, 0.2) is 0 Å². The normalized spacial score (nSPS) is 11.9. The lowest BCUT2D eigenvalue weighted by molar-refractivity contribution is -0.138. The monoisotopic (exact) mass is 312 g/mol. The van der Waals surface area contributed by atoms with Crippen LogP contribution in [-0.2, 0) is 11.2 Å². The zero-order chi connectivity index (χ0) is 16.8. The molecule has 0 aliphatic carbocycles. The molecule has 0 radical (unpaired) electrons. The minimum absolute atomic E-state index is 0.163. The molecule has 1 unspecified atom stereocenters. The van der Waals surface area contributed by atoms with Crippen LogP contribution in [0.3, 0.4) is 0 Å². The Morgan fingerprint density at radius 3 is 1.91 bits per heavy atom. The molecule has 0 spiro atoms. The van der Waals surface area contributed by atoms with Crippen molar-refractivity contribution in [1.82, 2.24) is 0 Å². The average molecular weight is 312 g/mol. The van der Waals surface area contributed by atoms with E-state index in [1.165, 1.54) is 5.56 Å². The van der Waals surface area contributed by atoms with Crippen LogP contribution >= 0.6 is 0 Å². The Morgan fingerprint density at radius 2 is 1.43 bits per heavy atom. The van der Waals surface area contributed by atoms with Gasteiger partial charge in [0.25, 0.3) is 0 Å². The summed E-state index contributed by atoms with van der Waals surface area (Å²) in [5, 5.41) is 17.7. The van der Waals surface area contributed by atoms with Crippen LogP contribution in [0, 0.1) is 5.92 Å². The highest BCUT2D eigenvalue weighted by molar-refractivity contribution is 5.88. The lowest BCUT2D eigenvalue weighted by Gasteiger charge is -2.09. The summed E-state index contributed by atoms with van der Waals surface area (Å²) in [5.41, 5.74) is 3.45. The summed E-state index contributed by atoms with van der Waals surface area (Å²) in [7, 11) is 0. The van der Waals surface area contributed by atoms with Crippen molar-refractivity contribution in [2.24, 2.45) is 5.92 Å². The second kappa shape index (κ2) is 7.58. The second-order valence-electron chi connectivity index (χ2n) is 5.82. The van der Waals surface area contributed by atoms with Crippen molar-refractivity contribution < 1.29 is 19.8 Å². The molecule has 23 heavy (non-hydrogen) atoms. The number of aryl methyl sites for hydroxylation is 1. The van der Waals surface area contributed by atoms with E-state index in [4.69, 9.17) is 10.2 Å². The minimum Gasteiger partial charge on any atom is -0.481 e. The molecule has 0 fully saturated rings. The maximum atomic E-state index is 10.9. The van der Waals surface area contributed by atoms with Crippen LogP contribution in [0.1, 0.15) is 35.7 Å². The van der Waals surface area contributed by atoms with E-state index in [1.54, 1.807) is 24.3 Å². The van der Waals surface area contributed by atoms with Gasteiger partial charge in [-0.15, -0.1) is 0 Å². The number of carbonyl (C=O) groups is 2. The summed E-state index contributed by atoms with van der Waals surface area (Å²) in [5.74, 6) is -1.52. The number of aliphatic carboxylic acids is 1. The maximum Gasteiger partial charge on any atom is 0.335 e. The smallest absolute Gasteiger partial charge is 0.335 e. The Balaban J connectivity index is 1.99. The molecule has 0 saturated carbocycles. The van der Waals surface area contributed by atoms with Crippen LogP contribution < -0.4 is 0 Å². The van der Waals surface area contributed by atoms with Crippen LogP contribution in [0.5, 0.6) is 0 Å². The maximum absolute atomic E-state index is 10.9. The molecule has 2 aromatic carbocycles. The first-order chi connectivity index (χ1) is 11.0.